The minimum absolute atomic E-state index is 0.0180. The van der Waals surface area contributed by atoms with Crippen molar-refractivity contribution >= 4 is 28.9 Å². The Balaban J connectivity index is 1.75. The van der Waals surface area contributed by atoms with Crippen LogP contribution >= 0.6 is 0 Å². The molecule has 0 saturated heterocycles. The maximum absolute atomic E-state index is 14.7. The first-order valence-electron chi connectivity index (χ1n) is 10.4. The van der Waals surface area contributed by atoms with Crippen molar-refractivity contribution in [2.24, 2.45) is 13.0 Å². The van der Waals surface area contributed by atoms with E-state index in [1.165, 1.54) is 25.4 Å². The highest BCUT2D eigenvalue weighted by Crippen LogP contribution is 2.40. The van der Waals surface area contributed by atoms with Gasteiger partial charge in [0.15, 0.2) is 11.5 Å². The van der Waals surface area contributed by atoms with Crippen LogP contribution in [-0.2, 0) is 11.8 Å². The third-order valence-corrected chi connectivity index (χ3v) is 5.30. The number of methoxy groups -OCH3 is 1. The van der Waals surface area contributed by atoms with E-state index in [-0.39, 0.29) is 35.3 Å². The second-order valence-corrected chi connectivity index (χ2v) is 7.69. The van der Waals surface area contributed by atoms with Crippen molar-refractivity contribution in [2.45, 2.75) is 26.2 Å². The van der Waals surface area contributed by atoms with Crippen LogP contribution in [0.4, 0.5) is 21.6 Å². The Morgan fingerprint density at radius 1 is 1.25 bits per heavy atom. The molecule has 1 amide bonds. The summed E-state index contributed by atoms with van der Waals surface area (Å²) < 4.78 is 21.9. The zero-order valence-electron chi connectivity index (χ0n) is 18.1. The molecule has 1 aliphatic carbocycles. The van der Waals surface area contributed by atoms with Gasteiger partial charge in [0.2, 0.25) is 5.91 Å². The van der Waals surface area contributed by atoms with Gasteiger partial charge in [0.1, 0.15) is 11.6 Å². The Hall–Kier alpha value is -3.75. The Kier molecular flexibility index (Phi) is 5.89. The summed E-state index contributed by atoms with van der Waals surface area (Å²) in [6.07, 6.45) is 6.70. The van der Waals surface area contributed by atoms with Crippen molar-refractivity contribution < 1.29 is 18.7 Å². The van der Waals surface area contributed by atoms with E-state index in [1.807, 2.05) is 0 Å². The number of carbonyl (C=O) groups excluding carboxylic acids is 2. The Bertz CT molecular complexity index is 1190. The molecule has 9 heteroatoms. The average Bonchev–Trinajstić information content (AvgIpc) is 3.55. The van der Waals surface area contributed by atoms with Crippen LogP contribution in [0.5, 0.6) is 5.75 Å². The molecule has 0 atom stereocenters. The molecule has 4 rings (SSSR count). The molecule has 0 spiro atoms. The number of pyridine rings is 1. The number of anilines is 3. The predicted octanol–water partition coefficient (Wildman–Crippen LogP) is 4.31. The van der Waals surface area contributed by atoms with E-state index in [0.29, 0.717) is 28.3 Å². The molecule has 1 aliphatic rings. The summed E-state index contributed by atoms with van der Waals surface area (Å²) in [5.74, 6) is -0.0365. The number of Topliss-reactive ketones (excluding diaryl/α,β-unsaturated/α-hetero) is 1. The van der Waals surface area contributed by atoms with Crippen molar-refractivity contribution in [3.05, 3.63) is 48.2 Å². The van der Waals surface area contributed by atoms with E-state index in [4.69, 9.17) is 4.74 Å². The molecule has 32 heavy (non-hydrogen) atoms. The molecule has 2 heterocycles. The standard InChI is InChI=1S/C23H24FN5O3/c1-4-19(30)15-11-25-20(28-23(31)13-5-6-13)9-18(15)27-17-8-7-16(24)21(22(17)32-3)14-10-26-29(2)12-14/h7-13H,4-6H2,1-3H3,(H2,25,27,28,31). The lowest BCUT2D eigenvalue weighted by Crippen LogP contribution is -2.15. The highest BCUT2D eigenvalue weighted by molar-refractivity contribution is 6.03. The number of rotatable bonds is 8. The quantitative estimate of drug-likeness (QED) is 0.510. The molecule has 2 N–H and O–H groups in total. The first-order valence-corrected chi connectivity index (χ1v) is 10.4. The fraction of sp³-hybridized carbons (Fsp3) is 0.304. The highest BCUT2D eigenvalue weighted by Gasteiger charge is 2.30. The third kappa shape index (κ3) is 4.32. The molecule has 0 unspecified atom stereocenters. The average molecular weight is 437 g/mol. The lowest BCUT2D eigenvalue weighted by atomic mass is 10.0. The number of ether oxygens (including phenoxy) is 1. The van der Waals surface area contributed by atoms with Crippen molar-refractivity contribution in [2.75, 3.05) is 17.7 Å². The van der Waals surface area contributed by atoms with Gasteiger partial charge in [-0.25, -0.2) is 9.37 Å². The van der Waals surface area contributed by atoms with Gasteiger partial charge in [0.05, 0.1) is 35.8 Å². The van der Waals surface area contributed by atoms with Crippen LogP contribution in [0.2, 0.25) is 0 Å². The largest absolute Gasteiger partial charge is 0.494 e. The third-order valence-electron chi connectivity index (χ3n) is 5.30. The molecule has 2 aromatic heterocycles. The monoisotopic (exact) mass is 437 g/mol. The number of hydrogen-bond donors (Lipinski definition) is 2. The molecule has 1 fully saturated rings. The van der Waals surface area contributed by atoms with Gasteiger partial charge in [-0.15, -0.1) is 0 Å². The van der Waals surface area contributed by atoms with Crippen LogP contribution in [0.25, 0.3) is 11.1 Å². The van der Waals surface area contributed by atoms with Crippen LogP contribution in [0.1, 0.15) is 36.5 Å². The maximum atomic E-state index is 14.7. The topological polar surface area (TPSA) is 98.1 Å². The fourth-order valence-electron chi connectivity index (χ4n) is 3.45. The summed E-state index contributed by atoms with van der Waals surface area (Å²) in [6.45, 7) is 1.76. The van der Waals surface area contributed by atoms with Crippen LogP contribution in [0, 0.1) is 11.7 Å². The number of carbonyl (C=O) groups is 2. The minimum atomic E-state index is -0.461. The molecule has 0 aliphatic heterocycles. The van der Waals surface area contributed by atoms with Crippen LogP contribution in [-0.4, -0.2) is 33.6 Å². The first kappa shape index (κ1) is 21.5. The Morgan fingerprint density at radius 3 is 2.66 bits per heavy atom. The molecular formula is C23H24FN5O3. The van der Waals surface area contributed by atoms with Gasteiger partial charge in [0, 0.05) is 43.4 Å². The number of ketones is 1. The predicted molar refractivity (Wildman–Crippen MR) is 119 cm³/mol. The molecule has 166 valence electrons. The Morgan fingerprint density at radius 2 is 2.03 bits per heavy atom. The van der Waals surface area contributed by atoms with Crippen LogP contribution in [0.3, 0.4) is 0 Å². The van der Waals surface area contributed by atoms with Crippen molar-refractivity contribution in [3.8, 4) is 16.9 Å². The van der Waals surface area contributed by atoms with Crippen molar-refractivity contribution in [1.82, 2.24) is 14.8 Å². The van der Waals surface area contributed by atoms with E-state index in [0.717, 1.165) is 12.8 Å². The number of halogens is 1. The summed E-state index contributed by atoms with van der Waals surface area (Å²) in [4.78, 5) is 28.9. The lowest BCUT2D eigenvalue weighted by molar-refractivity contribution is -0.117. The SMILES string of the molecule is CCC(=O)c1cnc(NC(=O)C2CC2)cc1Nc1ccc(F)c(-c2cnn(C)c2)c1OC. The number of nitrogens with zero attached hydrogens (tertiary/aromatic N) is 3. The fourth-order valence-corrected chi connectivity index (χ4v) is 3.45. The second kappa shape index (κ2) is 8.78. The summed E-state index contributed by atoms with van der Waals surface area (Å²) in [7, 11) is 3.19. The second-order valence-electron chi connectivity index (χ2n) is 7.69. The zero-order chi connectivity index (χ0) is 22.8. The zero-order valence-corrected chi connectivity index (χ0v) is 18.1. The molecule has 1 aromatic carbocycles. The summed E-state index contributed by atoms with van der Waals surface area (Å²) >= 11 is 0. The highest BCUT2D eigenvalue weighted by atomic mass is 19.1. The number of amides is 1. The van der Waals surface area contributed by atoms with Crippen LogP contribution < -0.4 is 15.4 Å². The number of nitrogens with one attached hydrogen (secondary N) is 2. The van der Waals surface area contributed by atoms with Crippen LogP contribution in [0.15, 0.2) is 36.8 Å². The molecule has 0 bridgehead atoms. The van der Waals surface area contributed by atoms with E-state index in [2.05, 4.69) is 20.7 Å². The summed E-state index contributed by atoms with van der Waals surface area (Å²) in [5, 5.41) is 10.1. The molecule has 3 aromatic rings. The van der Waals surface area contributed by atoms with E-state index >= 15 is 0 Å². The summed E-state index contributed by atoms with van der Waals surface area (Å²) in [6, 6.07) is 4.47. The Labute approximate surface area is 184 Å². The number of aryl methyl sites for hydroxylation is 1. The molecule has 0 radical (unpaired) electrons. The molecule has 1 saturated carbocycles. The number of aromatic nitrogens is 3. The van der Waals surface area contributed by atoms with Gasteiger partial charge in [-0.05, 0) is 25.0 Å². The van der Waals surface area contributed by atoms with Gasteiger partial charge >= 0.3 is 0 Å². The van der Waals surface area contributed by atoms with Crippen molar-refractivity contribution in [1.29, 1.82) is 0 Å². The first-order chi connectivity index (χ1) is 15.4. The van der Waals surface area contributed by atoms with E-state index < -0.39 is 5.82 Å². The van der Waals surface area contributed by atoms with Gasteiger partial charge in [-0.2, -0.15) is 5.10 Å². The molecular weight excluding hydrogens is 413 g/mol. The normalized spacial score (nSPS) is 13.0. The minimum Gasteiger partial charge on any atom is -0.494 e. The molecule has 8 nitrogen and oxygen atoms in total. The number of benzene rings is 1. The van der Waals surface area contributed by atoms with Crippen molar-refractivity contribution in [3.63, 3.8) is 0 Å². The number of hydrogen-bond acceptors (Lipinski definition) is 6. The van der Waals surface area contributed by atoms with E-state index in [1.54, 1.807) is 37.1 Å². The van der Waals surface area contributed by atoms with Gasteiger partial charge in [0.25, 0.3) is 0 Å². The van der Waals surface area contributed by atoms with Gasteiger partial charge < -0.3 is 15.4 Å². The smallest absolute Gasteiger partial charge is 0.228 e. The maximum Gasteiger partial charge on any atom is 0.228 e. The van der Waals surface area contributed by atoms with Gasteiger partial charge in [-0.3, -0.25) is 14.3 Å². The van der Waals surface area contributed by atoms with E-state index in [9.17, 15) is 14.0 Å². The summed E-state index contributed by atoms with van der Waals surface area (Å²) in [5.41, 5.74) is 2.09. The lowest BCUT2D eigenvalue weighted by Gasteiger charge is -2.17. The van der Waals surface area contributed by atoms with Gasteiger partial charge in [-0.1, -0.05) is 6.92 Å².